The molecule has 0 bridgehead atoms. The lowest BCUT2D eigenvalue weighted by Crippen LogP contribution is -2.13. The molecule has 5 nitrogen and oxygen atoms in total. The molecule has 2 aromatic rings. The van der Waals surface area contributed by atoms with Crippen molar-refractivity contribution in [2.75, 3.05) is 19.0 Å². The van der Waals surface area contributed by atoms with Crippen LogP contribution in [0.3, 0.4) is 0 Å². The quantitative estimate of drug-likeness (QED) is 0.818. The topological polar surface area (TPSA) is 67.0 Å². The van der Waals surface area contributed by atoms with E-state index in [0.717, 1.165) is 0 Å². The highest BCUT2D eigenvalue weighted by Gasteiger charge is 2.04. The summed E-state index contributed by atoms with van der Waals surface area (Å²) in [5.41, 5.74) is 0.486. The van der Waals surface area contributed by atoms with Gasteiger partial charge in [0.2, 0.25) is 5.95 Å². The minimum absolute atomic E-state index is 0.167. The van der Waals surface area contributed by atoms with Crippen molar-refractivity contribution in [1.29, 1.82) is 0 Å². The smallest absolute Gasteiger partial charge is 0.260 e. The Morgan fingerprint density at radius 3 is 3.00 bits per heavy atom. The predicted octanol–water partition coefficient (Wildman–Crippen LogP) is 1.36. The average molecular weight is 219 g/mol. The first-order valence-corrected chi connectivity index (χ1v) is 5.06. The monoisotopic (exact) mass is 219 g/mol. The zero-order chi connectivity index (χ0) is 11.5. The standard InChI is InChI=1S/C11H13N3O2/c1-3-12-11-13-9-5-4-7(16-2)6-8(9)10(15)14-11/h4-6H,3H2,1-2H3,(H2,12,13,14,15). The number of aromatic amines is 1. The van der Waals surface area contributed by atoms with E-state index in [2.05, 4.69) is 15.3 Å². The fraction of sp³-hybridized carbons (Fsp3) is 0.273. The molecular weight excluding hydrogens is 206 g/mol. The summed E-state index contributed by atoms with van der Waals surface area (Å²) in [7, 11) is 1.57. The van der Waals surface area contributed by atoms with Crippen LogP contribution in [0.1, 0.15) is 6.92 Å². The van der Waals surface area contributed by atoms with Crippen molar-refractivity contribution in [3.63, 3.8) is 0 Å². The molecule has 2 rings (SSSR count). The Bertz CT molecular complexity index is 563. The second-order valence-corrected chi connectivity index (χ2v) is 3.33. The van der Waals surface area contributed by atoms with E-state index >= 15 is 0 Å². The van der Waals surface area contributed by atoms with Gasteiger partial charge in [-0.25, -0.2) is 4.98 Å². The Kier molecular flexibility index (Phi) is 2.76. The average Bonchev–Trinajstić information content (AvgIpc) is 2.29. The molecule has 0 saturated carbocycles. The number of anilines is 1. The molecule has 0 fully saturated rings. The van der Waals surface area contributed by atoms with Crippen LogP contribution in [-0.2, 0) is 0 Å². The minimum Gasteiger partial charge on any atom is -0.497 e. The van der Waals surface area contributed by atoms with Crippen LogP contribution in [0.2, 0.25) is 0 Å². The second kappa shape index (κ2) is 4.22. The van der Waals surface area contributed by atoms with E-state index < -0.39 is 0 Å². The lowest BCUT2D eigenvalue weighted by molar-refractivity contribution is 0.415. The van der Waals surface area contributed by atoms with E-state index in [1.807, 2.05) is 6.92 Å². The summed E-state index contributed by atoms with van der Waals surface area (Å²) in [6.45, 7) is 2.66. The van der Waals surface area contributed by atoms with Gasteiger partial charge in [0.1, 0.15) is 5.75 Å². The molecule has 0 atom stereocenters. The van der Waals surface area contributed by atoms with Crippen molar-refractivity contribution < 1.29 is 4.74 Å². The molecular formula is C11H13N3O2. The van der Waals surface area contributed by atoms with Gasteiger partial charge in [0, 0.05) is 6.54 Å². The second-order valence-electron chi connectivity index (χ2n) is 3.33. The summed E-state index contributed by atoms with van der Waals surface area (Å²) >= 11 is 0. The highest BCUT2D eigenvalue weighted by Crippen LogP contribution is 2.16. The van der Waals surface area contributed by atoms with Crippen LogP contribution in [0.4, 0.5) is 5.95 Å². The maximum Gasteiger partial charge on any atom is 0.260 e. The summed E-state index contributed by atoms with van der Waals surface area (Å²) in [5, 5.41) is 3.50. The lowest BCUT2D eigenvalue weighted by atomic mass is 10.2. The van der Waals surface area contributed by atoms with Gasteiger partial charge in [-0.15, -0.1) is 0 Å². The van der Waals surface area contributed by atoms with Gasteiger partial charge in [0.25, 0.3) is 5.56 Å². The molecule has 0 saturated heterocycles. The molecule has 16 heavy (non-hydrogen) atoms. The van der Waals surface area contributed by atoms with E-state index in [0.29, 0.717) is 29.1 Å². The molecule has 0 amide bonds. The number of nitrogens with zero attached hydrogens (tertiary/aromatic N) is 1. The van der Waals surface area contributed by atoms with Crippen LogP contribution < -0.4 is 15.6 Å². The normalized spacial score (nSPS) is 10.4. The van der Waals surface area contributed by atoms with Crippen LogP contribution in [-0.4, -0.2) is 23.6 Å². The number of hydrogen-bond donors (Lipinski definition) is 2. The first-order chi connectivity index (χ1) is 7.74. The van der Waals surface area contributed by atoms with Crippen molar-refractivity contribution in [3.05, 3.63) is 28.6 Å². The summed E-state index contributed by atoms with van der Waals surface area (Å²) in [6.07, 6.45) is 0. The third-order valence-electron chi connectivity index (χ3n) is 2.26. The fourth-order valence-electron chi connectivity index (χ4n) is 1.50. The third-order valence-corrected chi connectivity index (χ3v) is 2.26. The summed E-state index contributed by atoms with van der Waals surface area (Å²) in [4.78, 5) is 18.7. The van der Waals surface area contributed by atoms with Gasteiger partial charge >= 0.3 is 0 Å². The van der Waals surface area contributed by atoms with E-state index in [-0.39, 0.29) is 5.56 Å². The number of benzene rings is 1. The van der Waals surface area contributed by atoms with Gasteiger partial charge in [-0.05, 0) is 25.1 Å². The molecule has 0 aliphatic heterocycles. The van der Waals surface area contributed by atoms with Crippen LogP contribution in [0.15, 0.2) is 23.0 Å². The number of ether oxygens (including phenoxy) is 1. The predicted molar refractivity (Wildman–Crippen MR) is 63.1 cm³/mol. The van der Waals surface area contributed by atoms with Gasteiger partial charge in [-0.3, -0.25) is 9.78 Å². The number of aromatic nitrogens is 2. The van der Waals surface area contributed by atoms with E-state index in [4.69, 9.17) is 4.74 Å². The van der Waals surface area contributed by atoms with Crippen molar-refractivity contribution in [2.24, 2.45) is 0 Å². The Labute approximate surface area is 92.5 Å². The minimum atomic E-state index is -0.167. The highest BCUT2D eigenvalue weighted by molar-refractivity contribution is 5.80. The van der Waals surface area contributed by atoms with E-state index in [1.54, 1.807) is 25.3 Å². The molecule has 1 aromatic heterocycles. The Morgan fingerprint density at radius 2 is 2.31 bits per heavy atom. The summed E-state index contributed by atoms with van der Waals surface area (Å²) in [6, 6.07) is 5.23. The molecule has 0 unspecified atom stereocenters. The van der Waals surface area contributed by atoms with Gasteiger partial charge in [0.05, 0.1) is 18.0 Å². The molecule has 1 heterocycles. The fourth-order valence-corrected chi connectivity index (χ4v) is 1.50. The molecule has 0 radical (unpaired) electrons. The Balaban J connectivity index is 2.62. The maximum absolute atomic E-state index is 11.8. The van der Waals surface area contributed by atoms with Crippen LogP contribution >= 0.6 is 0 Å². The molecule has 1 aromatic carbocycles. The lowest BCUT2D eigenvalue weighted by Gasteiger charge is -2.04. The summed E-state index contributed by atoms with van der Waals surface area (Å²) < 4.78 is 5.06. The number of H-pyrrole nitrogens is 1. The number of methoxy groups -OCH3 is 1. The van der Waals surface area contributed by atoms with Crippen molar-refractivity contribution >= 4 is 16.9 Å². The van der Waals surface area contributed by atoms with Crippen molar-refractivity contribution in [3.8, 4) is 5.75 Å². The SMILES string of the molecule is CCNc1nc2ccc(OC)cc2c(=O)[nH]1. The highest BCUT2D eigenvalue weighted by atomic mass is 16.5. The molecule has 5 heteroatoms. The maximum atomic E-state index is 11.8. The zero-order valence-electron chi connectivity index (χ0n) is 9.20. The van der Waals surface area contributed by atoms with Crippen LogP contribution in [0, 0.1) is 0 Å². The molecule has 0 spiro atoms. The summed E-state index contributed by atoms with van der Waals surface area (Å²) in [5.74, 6) is 1.14. The largest absolute Gasteiger partial charge is 0.497 e. The zero-order valence-corrected chi connectivity index (χ0v) is 9.20. The molecule has 0 aliphatic carbocycles. The van der Waals surface area contributed by atoms with Crippen molar-refractivity contribution in [1.82, 2.24) is 9.97 Å². The first kappa shape index (κ1) is 10.5. The van der Waals surface area contributed by atoms with Gasteiger partial charge in [0.15, 0.2) is 0 Å². The first-order valence-electron chi connectivity index (χ1n) is 5.06. The van der Waals surface area contributed by atoms with Gasteiger partial charge < -0.3 is 10.1 Å². The van der Waals surface area contributed by atoms with Crippen LogP contribution in [0.25, 0.3) is 10.9 Å². The third kappa shape index (κ3) is 1.84. The molecule has 2 N–H and O–H groups in total. The number of fused-ring (bicyclic) bond motifs is 1. The number of hydrogen-bond acceptors (Lipinski definition) is 4. The van der Waals surface area contributed by atoms with Crippen LogP contribution in [0.5, 0.6) is 5.75 Å². The van der Waals surface area contributed by atoms with Gasteiger partial charge in [-0.2, -0.15) is 0 Å². The Morgan fingerprint density at radius 1 is 1.50 bits per heavy atom. The molecule has 0 aliphatic rings. The van der Waals surface area contributed by atoms with Gasteiger partial charge in [-0.1, -0.05) is 0 Å². The number of rotatable bonds is 3. The van der Waals surface area contributed by atoms with E-state index in [1.165, 1.54) is 0 Å². The molecule has 84 valence electrons. The van der Waals surface area contributed by atoms with E-state index in [9.17, 15) is 4.79 Å². The number of nitrogens with one attached hydrogen (secondary N) is 2. The Hall–Kier alpha value is -2.04. The van der Waals surface area contributed by atoms with Crippen molar-refractivity contribution in [2.45, 2.75) is 6.92 Å².